The Hall–Kier alpha value is -2.52. The van der Waals surface area contributed by atoms with E-state index in [1.165, 1.54) is 16.3 Å². The quantitative estimate of drug-likeness (QED) is 0.696. The molecular formula is C22H23NO2. The molecule has 128 valence electrons. The summed E-state index contributed by atoms with van der Waals surface area (Å²) in [5, 5.41) is 6.23. The molecule has 1 aliphatic heterocycles. The second-order valence-corrected chi connectivity index (χ2v) is 6.48. The summed E-state index contributed by atoms with van der Waals surface area (Å²) in [7, 11) is 1.68. The van der Waals surface area contributed by atoms with Crippen LogP contribution in [0, 0.1) is 0 Å². The third kappa shape index (κ3) is 2.96. The highest BCUT2D eigenvalue weighted by Gasteiger charge is 2.29. The van der Waals surface area contributed by atoms with E-state index in [1.54, 1.807) is 7.11 Å². The third-order valence-electron chi connectivity index (χ3n) is 4.87. The second kappa shape index (κ2) is 6.77. The van der Waals surface area contributed by atoms with Crippen LogP contribution >= 0.6 is 0 Å². The molecule has 1 heterocycles. The Morgan fingerprint density at radius 2 is 1.80 bits per heavy atom. The maximum atomic E-state index is 6.32. The number of benzene rings is 3. The van der Waals surface area contributed by atoms with E-state index in [-0.39, 0.29) is 12.3 Å². The number of hydrogen-bond donors (Lipinski definition) is 1. The molecule has 1 N–H and O–H groups in total. The van der Waals surface area contributed by atoms with Crippen molar-refractivity contribution in [1.82, 2.24) is 5.32 Å². The lowest BCUT2D eigenvalue weighted by Gasteiger charge is -2.35. The minimum atomic E-state index is -0.142. The lowest BCUT2D eigenvalue weighted by Crippen LogP contribution is -2.35. The van der Waals surface area contributed by atoms with E-state index in [1.807, 2.05) is 12.1 Å². The van der Waals surface area contributed by atoms with E-state index in [9.17, 15) is 0 Å². The topological polar surface area (TPSA) is 30.5 Å². The van der Waals surface area contributed by atoms with Crippen LogP contribution < -0.4 is 14.8 Å². The molecule has 0 bridgehead atoms. The van der Waals surface area contributed by atoms with Gasteiger partial charge in [0.25, 0.3) is 0 Å². The molecule has 0 spiro atoms. The van der Waals surface area contributed by atoms with Crippen LogP contribution in [0.3, 0.4) is 0 Å². The highest BCUT2D eigenvalue weighted by molar-refractivity contribution is 5.88. The lowest BCUT2D eigenvalue weighted by atomic mass is 9.93. The molecule has 0 saturated carbocycles. The average Bonchev–Trinajstić information content (AvgIpc) is 2.68. The molecule has 4 rings (SSSR count). The van der Waals surface area contributed by atoms with Crippen LogP contribution in [-0.4, -0.2) is 7.11 Å². The van der Waals surface area contributed by atoms with Gasteiger partial charge in [0.15, 0.2) is 6.23 Å². The van der Waals surface area contributed by atoms with Crippen molar-refractivity contribution in [3.8, 4) is 11.5 Å². The lowest BCUT2D eigenvalue weighted by molar-refractivity contribution is 0.122. The van der Waals surface area contributed by atoms with E-state index < -0.39 is 0 Å². The first-order valence-corrected chi connectivity index (χ1v) is 8.88. The van der Waals surface area contributed by atoms with Gasteiger partial charge >= 0.3 is 0 Å². The van der Waals surface area contributed by atoms with Gasteiger partial charge in [0.05, 0.1) is 7.11 Å². The highest BCUT2D eigenvalue weighted by Crippen LogP contribution is 2.41. The number of hydrogen-bond acceptors (Lipinski definition) is 3. The van der Waals surface area contributed by atoms with Gasteiger partial charge in [-0.05, 0) is 35.4 Å². The Labute approximate surface area is 148 Å². The Balaban J connectivity index is 1.75. The summed E-state index contributed by atoms with van der Waals surface area (Å²) in [5.74, 6) is 1.84. The standard InChI is InChI=1S/C22H23NO2/c1-3-6-19-21-18-8-5-4-7-15(18)11-14-20(21)25-22(23-19)16-9-12-17(24-2)13-10-16/h4-5,7-14,19,22-23H,3,6H2,1-2H3/t19-,22+/m1/s1. The van der Waals surface area contributed by atoms with E-state index in [0.717, 1.165) is 29.9 Å². The van der Waals surface area contributed by atoms with Gasteiger partial charge in [-0.1, -0.05) is 55.8 Å². The molecule has 0 aliphatic carbocycles. The number of rotatable bonds is 4. The number of methoxy groups -OCH3 is 1. The molecule has 25 heavy (non-hydrogen) atoms. The van der Waals surface area contributed by atoms with Crippen molar-refractivity contribution < 1.29 is 9.47 Å². The number of nitrogens with one attached hydrogen (secondary N) is 1. The summed E-state index contributed by atoms with van der Waals surface area (Å²) in [6.45, 7) is 2.23. The molecule has 0 fully saturated rings. The Morgan fingerprint density at radius 1 is 1.00 bits per heavy atom. The summed E-state index contributed by atoms with van der Waals surface area (Å²) >= 11 is 0. The molecule has 0 aromatic heterocycles. The zero-order valence-corrected chi connectivity index (χ0v) is 14.7. The van der Waals surface area contributed by atoms with Gasteiger partial charge in [-0.15, -0.1) is 0 Å². The highest BCUT2D eigenvalue weighted by atomic mass is 16.5. The molecule has 0 unspecified atom stereocenters. The summed E-state index contributed by atoms with van der Waals surface area (Å²) in [5.41, 5.74) is 2.39. The Kier molecular flexibility index (Phi) is 4.33. The fourth-order valence-corrected chi connectivity index (χ4v) is 3.62. The summed E-state index contributed by atoms with van der Waals surface area (Å²) in [4.78, 5) is 0. The van der Waals surface area contributed by atoms with Gasteiger partial charge in [-0.2, -0.15) is 0 Å². The van der Waals surface area contributed by atoms with E-state index in [4.69, 9.17) is 9.47 Å². The first-order chi connectivity index (χ1) is 12.3. The van der Waals surface area contributed by atoms with Crippen molar-refractivity contribution in [2.75, 3.05) is 7.11 Å². The van der Waals surface area contributed by atoms with Gasteiger partial charge in [0, 0.05) is 17.2 Å². The van der Waals surface area contributed by atoms with Crippen LogP contribution in [0.4, 0.5) is 0 Å². The van der Waals surface area contributed by atoms with Crippen LogP contribution in [0.1, 0.15) is 43.2 Å². The number of ether oxygens (including phenoxy) is 2. The van der Waals surface area contributed by atoms with Gasteiger partial charge in [0.1, 0.15) is 11.5 Å². The van der Waals surface area contributed by atoms with E-state index >= 15 is 0 Å². The SMILES string of the molecule is CCC[C@H]1N[C@H](c2ccc(OC)cc2)Oc2ccc3ccccc3c21. The van der Waals surface area contributed by atoms with E-state index in [0.29, 0.717) is 0 Å². The molecule has 1 aliphatic rings. The number of fused-ring (bicyclic) bond motifs is 3. The summed E-state index contributed by atoms with van der Waals surface area (Å²) < 4.78 is 11.6. The van der Waals surface area contributed by atoms with Crippen molar-refractivity contribution in [3.05, 3.63) is 71.8 Å². The predicted octanol–water partition coefficient (Wildman–Crippen LogP) is 5.37. The minimum absolute atomic E-state index is 0.142. The Morgan fingerprint density at radius 3 is 2.56 bits per heavy atom. The van der Waals surface area contributed by atoms with Crippen LogP contribution in [-0.2, 0) is 0 Å². The largest absolute Gasteiger partial charge is 0.497 e. The van der Waals surface area contributed by atoms with Gasteiger partial charge in [-0.3, -0.25) is 5.32 Å². The Bertz CT molecular complexity index is 873. The van der Waals surface area contributed by atoms with Crippen LogP contribution in [0.2, 0.25) is 0 Å². The molecule has 0 amide bonds. The molecule has 0 saturated heterocycles. The minimum Gasteiger partial charge on any atom is -0.497 e. The van der Waals surface area contributed by atoms with Gasteiger partial charge in [0.2, 0.25) is 0 Å². The maximum absolute atomic E-state index is 6.32. The molecule has 3 heteroatoms. The second-order valence-electron chi connectivity index (χ2n) is 6.48. The van der Waals surface area contributed by atoms with Crippen molar-refractivity contribution >= 4 is 10.8 Å². The van der Waals surface area contributed by atoms with Crippen molar-refractivity contribution in [3.63, 3.8) is 0 Å². The smallest absolute Gasteiger partial charge is 0.177 e. The van der Waals surface area contributed by atoms with Crippen molar-refractivity contribution in [1.29, 1.82) is 0 Å². The monoisotopic (exact) mass is 333 g/mol. The average molecular weight is 333 g/mol. The molecule has 3 nitrogen and oxygen atoms in total. The van der Waals surface area contributed by atoms with Crippen LogP contribution in [0.15, 0.2) is 60.7 Å². The fraction of sp³-hybridized carbons (Fsp3) is 0.273. The fourth-order valence-electron chi connectivity index (χ4n) is 3.62. The summed E-state index contributed by atoms with van der Waals surface area (Å²) in [6.07, 6.45) is 2.06. The molecule has 2 atom stereocenters. The predicted molar refractivity (Wildman–Crippen MR) is 101 cm³/mol. The maximum Gasteiger partial charge on any atom is 0.177 e. The van der Waals surface area contributed by atoms with Crippen molar-refractivity contribution in [2.45, 2.75) is 32.0 Å². The first-order valence-electron chi connectivity index (χ1n) is 8.88. The summed E-state index contributed by atoms with van der Waals surface area (Å²) in [6, 6.07) is 21.1. The van der Waals surface area contributed by atoms with Gasteiger partial charge in [-0.25, -0.2) is 0 Å². The first kappa shape index (κ1) is 16.0. The van der Waals surface area contributed by atoms with E-state index in [2.05, 4.69) is 60.8 Å². The van der Waals surface area contributed by atoms with Crippen LogP contribution in [0.25, 0.3) is 10.8 Å². The van der Waals surface area contributed by atoms with Crippen LogP contribution in [0.5, 0.6) is 11.5 Å². The molecule has 3 aromatic rings. The zero-order chi connectivity index (χ0) is 17.2. The molecule has 3 aromatic carbocycles. The molecule has 0 radical (unpaired) electrons. The van der Waals surface area contributed by atoms with Crippen molar-refractivity contribution in [2.24, 2.45) is 0 Å². The van der Waals surface area contributed by atoms with Gasteiger partial charge < -0.3 is 9.47 Å². The zero-order valence-electron chi connectivity index (χ0n) is 14.7. The molecular weight excluding hydrogens is 310 g/mol. The third-order valence-corrected chi connectivity index (χ3v) is 4.87. The normalized spacial score (nSPS) is 19.3.